The summed E-state index contributed by atoms with van der Waals surface area (Å²) in [5, 5.41) is 0. The third-order valence-electron chi connectivity index (χ3n) is 3.33. The van der Waals surface area contributed by atoms with Gasteiger partial charge in [-0.25, -0.2) is 4.39 Å². The van der Waals surface area contributed by atoms with Gasteiger partial charge in [0.05, 0.1) is 13.7 Å². The second kappa shape index (κ2) is 4.92. The molecule has 2 N–H and O–H groups in total. The van der Waals surface area contributed by atoms with Crippen molar-refractivity contribution in [3.8, 4) is 5.75 Å². The Morgan fingerprint density at radius 1 is 1.41 bits per heavy atom. The molecule has 1 aromatic rings. The molecule has 0 bridgehead atoms. The first-order valence-electron chi connectivity index (χ1n) is 5.95. The van der Waals surface area contributed by atoms with Crippen molar-refractivity contribution in [2.24, 2.45) is 5.73 Å². The molecule has 1 aromatic carbocycles. The summed E-state index contributed by atoms with van der Waals surface area (Å²) in [6.07, 6.45) is 1.41. The van der Waals surface area contributed by atoms with Crippen molar-refractivity contribution in [2.75, 3.05) is 31.6 Å². The monoisotopic (exact) mass is 238 g/mol. The van der Waals surface area contributed by atoms with Crippen LogP contribution >= 0.6 is 0 Å². The molecule has 0 radical (unpaired) electrons. The highest BCUT2D eigenvalue weighted by molar-refractivity contribution is 5.49. The average Bonchev–Trinajstić information content (AvgIpc) is 2.39. The van der Waals surface area contributed by atoms with Crippen molar-refractivity contribution in [1.82, 2.24) is 0 Å². The summed E-state index contributed by atoms with van der Waals surface area (Å²) in [6.45, 7) is 1.37. The van der Waals surface area contributed by atoms with E-state index in [9.17, 15) is 4.39 Å². The fourth-order valence-electron chi connectivity index (χ4n) is 2.27. The van der Waals surface area contributed by atoms with Crippen LogP contribution in [-0.4, -0.2) is 32.4 Å². The van der Waals surface area contributed by atoms with E-state index in [2.05, 4.69) is 4.90 Å². The van der Waals surface area contributed by atoms with Crippen LogP contribution in [0.5, 0.6) is 5.75 Å². The number of nitrogens with zero attached hydrogens (tertiary/aromatic N) is 1. The van der Waals surface area contributed by atoms with Gasteiger partial charge in [-0.3, -0.25) is 0 Å². The number of nitrogens with two attached hydrogens (primary N) is 1. The molecule has 4 heteroatoms. The zero-order valence-corrected chi connectivity index (χ0v) is 10.2. The number of hydrogen-bond donors (Lipinski definition) is 1. The molecule has 1 fully saturated rings. The van der Waals surface area contributed by atoms with E-state index in [1.807, 2.05) is 24.3 Å². The van der Waals surface area contributed by atoms with Gasteiger partial charge in [0.2, 0.25) is 0 Å². The first-order chi connectivity index (χ1) is 8.17. The molecule has 2 rings (SSSR count). The summed E-state index contributed by atoms with van der Waals surface area (Å²) in [5.74, 6) is 0.816. The van der Waals surface area contributed by atoms with Gasteiger partial charge in [-0.05, 0) is 37.1 Å². The van der Waals surface area contributed by atoms with Gasteiger partial charge in [0.25, 0.3) is 0 Å². The Morgan fingerprint density at radius 3 is 2.71 bits per heavy atom. The van der Waals surface area contributed by atoms with Crippen molar-refractivity contribution >= 4 is 5.69 Å². The molecule has 3 nitrogen and oxygen atoms in total. The van der Waals surface area contributed by atoms with Crippen molar-refractivity contribution in [3.63, 3.8) is 0 Å². The Balaban J connectivity index is 2.10. The highest BCUT2D eigenvalue weighted by Crippen LogP contribution is 2.29. The van der Waals surface area contributed by atoms with E-state index >= 15 is 0 Å². The third-order valence-corrected chi connectivity index (χ3v) is 3.33. The lowest BCUT2D eigenvalue weighted by Gasteiger charge is -2.38. The first-order valence-corrected chi connectivity index (χ1v) is 5.95. The number of halogens is 1. The van der Waals surface area contributed by atoms with Crippen LogP contribution in [0.25, 0.3) is 0 Å². The predicted octanol–water partition coefficient (Wildman–Crippen LogP) is 1.96. The average molecular weight is 238 g/mol. The zero-order valence-electron chi connectivity index (χ0n) is 10.2. The van der Waals surface area contributed by atoms with E-state index in [-0.39, 0.29) is 6.54 Å². The Hall–Kier alpha value is -1.29. The number of piperidine rings is 1. The summed E-state index contributed by atoms with van der Waals surface area (Å²) >= 11 is 0. The SMILES string of the molecule is COc1ccc(N2CCCC(F)(CN)C2)cc1. The number of anilines is 1. The van der Waals surface area contributed by atoms with Gasteiger partial charge in [0, 0.05) is 18.8 Å². The lowest BCUT2D eigenvalue weighted by molar-refractivity contribution is 0.146. The molecule has 1 aliphatic rings. The summed E-state index contributed by atoms with van der Waals surface area (Å²) in [5.41, 5.74) is 5.29. The molecule has 0 aromatic heterocycles. The van der Waals surface area contributed by atoms with Crippen LogP contribution in [0.2, 0.25) is 0 Å². The fourth-order valence-corrected chi connectivity index (χ4v) is 2.27. The molecular weight excluding hydrogens is 219 g/mol. The van der Waals surface area contributed by atoms with E-state index in [0.717, 1.165) is 24.4 Å². The van der Waals surface area contributed by atoms with Gasteiger partial charge < -0.3 is 15.4 Å². The minimum atomic E-state index is -1.24. The second-order valence-electron chi connectivity index (χ2n) is 4.58. The Labute approximate surface area is 101 Å². The van der Waals surface area contributed by atoms with Crippen LogP contribution in [-0.2, 0) is 0 Å². The third kappa shape index (κ3) is 2.69. The van der Waals surface area contributed by atoms with Gasteiger partial charge in [-0.2, -0.15) is 0 Å². The highest BCUT2D eigenvalue weighted by Gasteiger charge is 2.34. The van der Waals surface area contributed by atoms with Crippen molar-refractivity contribution in [3.05, 3.63) is 24.3 Å². The first kappa shape index (κ1) is 12.2. The van der Waals surface area contributed by atoms with Crippen molar-refractivity contribution in [2.45, 2.75) is 18.5 Å². The quantitative estimate of drug-likeness (QED) is 0.875. The van der Waals surface area contributed by atoms with Crippen molar-refractivity contribution in [1.29, 1.82) is 0 Å². The standard InChI is InChI=1S/C13H19FN2O/c1-17-12-5-3-11(4-6-12)16-8-2-7-13(14,9-15)10-16/h3-6H,2,7-10,15H2,1H3. The number of rotatable bonds is 3. The molecule has 94 valence electrons. The van der Waals surface area contributed by atoms with Crippen LogP contribution in [0.3, 0.4) is 0 Å². The molecule has 0 spiro atoms. The van der Waals surface area contributed by atoms with Crippen LogP contribution in [0, 0.1) is 0 Å². The summed E-state index contributed by atoms with van der Waals surface area (Å²) in [4.78, 5) is 2.05. The minimum absolute atomic E-state index is 0.0969. The molecule has 1 aliphatic heterocycles. The Kier molecular flexibility index (Phi) is 3.52. The number of benzene rings is 1. The maximum Gasteiger partial charge on any atom is 0.140 e. The highest BCUT2D eigenvalue weighted by atomic mass is 19.1. The molecule has 1 unspecified atom stereocenters. The molecule has 1 heterocycles. The normalized spacial score (nSPS) is 24.8. The number of hydrogen-bond acceptors (Lipinski definition) is 3. The lowest BCUT2D eigenvalue weighted by Crippen LogP contribution is -2.49. The molecule has 0 amide bonds. The van der Waals surface area contributed by atoms with Crippen LogP contribution < -0.4 is 15.4 Å². The van der Waals surface area contributed by atoms with E-state index < -0.39 is 5.67 Å². The Bertz CT molecular complexity index is 368. The van der Waals surface area contributed by atoms with Gasteiger partial charge >= 0.3 is 0 Å². The number of alkyl halides is 1. The fraction of sp³-hybridized carbons (Fsp3) is 0.538. The maximum absolute atomic E-state index is 14.2. The van der Waals surface area contributed by atoms with E-state index in [0.29, 0.717) is 13.0 Å². The number of methoxy groups -OCH3 is 1. The molecule has 1 atom stereocenters. The van der Waals surface area contributed by atoms with Gasteiger partial charge in [-0.1, -0.05) is 0 Å². The van der Waals surface area contributed by atoms with Gasteiger partial charge in [0.15, 0.2) is 0 Å². The van der Waals surface area contributed by atoms with Gasteiger partial charge in [0.1, 0.15) is 11.4 Å². The van der Waals surface area contributed by atoms with Crippen LogP contribution in [0.15, 0.2) is 24.3 Å². The van der Waals surface area contributed by atoms with E-state index in [4.69, 9.17) is 10.5 Å². The summed E-state index contributed by atoms with van der Waals surface area (Å²) in [6, 6.07) is 7.71. The lowest BCUT2D eigenvalue weighted by atomic mass is 9.94. The molecule has 1 saturated heterocycles. The molecule has 17 heavy (non-hydrogen) atoms. The smallest absolute Gasteiger partial charge is 0.140 e. The summed E-state index contributed by atoms with van der Waals surface area (Å²) < 4.78 is 19.3. The Morgan fingerprint density at radius 2 is 2.12 bits per heavy atom. The maximum atomic E-state index is 14.2. The summed E-state index contributed by atoms with van der Waals surface area (Å²) in [7, 11) is 1.64. The van der Waals surface area contributed by atoms with Crippen molar-refractivity contribution < 1.29 is 9.13 Å². The topological polar surface area (TPSA) is 38.5 Å². The van der Waals surface area contributed by atoms with Crippen LogP contribution in [0.4, 0.5) is 10.1 Å². The molecule has 0 aliphatic carbocycles. The zero-order chi connectivity index (χ0) is 12.3. The van der Waals surface area contributed by atoms with E-state index in [1.54, 1.807) is 7.11 Å². The second-order valence-corrected chi connectivity index (χ2v) is 4.58. The minimum Gasteiger partial charge on any atom is -0.497 e. The predicted molar refractivity (Wildman–Crippen MR) is 67.3 cm³/mol. The largest absolute Gasteiger partial charge is 0.497 e. The molecular formula is C13H19FN2O. The van der Waals surface area contributed by atoms with Gasteiger partial charge in [-0.15, -0.1) is 0 Å². The number of ether oxygens (including phenoxy) is 1. The van der Waals surface area contributed by atoms with E-state index in [1.165, 1.54) is 0 Å². The van der Waals surface area contributed by atoms with Crippen LogP contribution in [0.1, 0.15) is 12.8 Å². The molecule has 0 saturated carbocycles.